The fourth-order valence-electron chi connectivity index (χ4n) is 10.6. The molecule has 1 aromatic heterocycles. The Morgan fingerprint density at radius 2 is 1.27 bits per heavy atom. The molecular weight excluding hydrogens is 990 g/mol. The third kappa shape index (κ3) is 19.8. The van der Waals surface area contributed by atoms with Gasteiger partial charge >= 0.3 is 5.69 Å². The summed E-state index contributed by atoms with van der Waals surface area (Å²) in [4.78, 5) is 41.4. The van der Waals surface area contributed by atoms with Gasteiger partial charge in [0.15, 0.2) is 0 Å². The lowest BCUT2D eigenvalue weighted by Crippen LogP contribution is -2.41. The average molecular weight is 1080 g/mol. The Labute approximate surface area is 461 Å². The summed E-state index contributed by atoms with van der Waals surface area (Å²) in [5.41, 5.74) is 0.289. The van der Waals surface area contributed by atoms with E-state index in [2.05, 4.69) is 55.7 Å². The summed E-state index contributed by atoms with van der Waals surface area (Å²) >= 11 is 0. The number of unbranched alkanes of at least 4 members (excludes halogenated alkanes) is 16. The van der Waals surface area contributed by atoms with Gasteiger partial charge in [-0.1, -0.05) is 164 Å². The molecule has 1 unspecified atom stereocenters. The molecule has 4 aromatic rings. The van der Waals surface area contributed by atoms with E-state index < -0.39 is 49.7 Å². The van der Waals surface area contributed by atoms with Crippen LogP contribution in [-0.4, -0.2) is 78.4 Å². The van der Waals surface area contributed by atoms with Crippen LogP contribution in [0.2, 0.25) is 0 Å². The van der Waals surface area contributed by atoms with Crippen LogP contribution in [0.1, 0.15) is 192 Å². The zero-order chi connectivity index (χ0) is 55.3. The molecule has 5 rings (SSSR count). The molecule has 424 valence electrons. The first-order chi connectivity index (χ1) is 37.5. The summed E-state index contributed by atoms with van der Waals surface area (Å²) in [7, 11) is 1.51. The molecule has 5 atom stereocenters. The van der Waals surface area contributed by atoms with Gasteiger partial charge in [0.25, 0.3) is 14.1 Å². The maximum absolute atomic E-state index is 13.8. The lowest BCUT2D eigenvalue weighted by Gasteiger charge is -2.39. The van der Waals surface area contributed by atoms with Crippen molar-refractivity contribution in [1.29, 1.82) is 5.26 Å². The first-order valence-electron chi connectivity index (χ1n) is 28.9. The third-order valence-electron chi connectivity index (χ3n) is 14.6. The number of hydrogen-bond donors (Lipinski definition) is 2. The number of carbonyl (C=O) groups excluding carboxylic acids is 1. The highest BCUT2D eigenvalue weighted by Gasteiger charge is 2.50. The van der Waals surface area contributed by atoms with Gasteiger partial charge in [-0.05, 0) is 87.9 Å². The number of rotatable bonds is 39. The highest BCUT2D eigenvalue weighted by Crippen LogP contribution is 2.53. The molecule has 0 spiro atoms. The van der Waals surface area contributed by atoms with Gasteiger partial charge < -0.3 is 33.3 Å². The van der Waals surface area contributed by atoms with Gasteiger partial charge in [-0.25, -0.2) is 9.46 Å². The number of H-pyrrole nitrogens is 1. The largest absolute Gasteiger partial charge is 0.497 e. The Balaban J connectivity index is 1.33. The fraction of sp³-hybridized carbons (Fsp3) is 0.613. The van der Waals surface area contributed by atoms with Gasteiger partial charge in [-0.15, -0.1) is 0 Å². The number of amides is 1. The van der Waals surface area contributed by atoms with Crippen molar-refractivity contribution < 1.29 is 32.8 Å². The van der Waals surface area contributed by atoms with E-state index in [1.807, 2.05) is 78.9 Å². The Bertz CT molecular complexity index is 2350. The van der Waals surface area contributed by atoms with Gasteiger partial charge in [0.1, 0.15) is 35.5 Å². The lowest BCUT2D eigenvalue weighted by atomic mass is 9.80. The van der Waals surface area contributed by atoms with Crippen LogP contribution in [0.5, 0.6) is 11.5 Å². The van der Waals surface area contributed by atoms with Crippen LogP contribution in [0.25, 0.3) is 0 Å². The topological polar surface area (TPSA) is 166 Å². The van der Waals surface area contributed by atoms with Crippen molar-refractivity contribution in [3.8, 4) is 17.6 Å². The Morgan fingerprint density at radius 3 is 1.81 bits per heavy atom. The number of carbonyl (C=O) groups is 1. The molecule has 1 fully saturated rings. The van der Waals surface area contributed by atoms with E-state index >= 15 is 0 Å². The van der Waals surface area contributed by atoms with Crippen molar-refractivity contribution in [2.75, 3.05) is 34.0 Å². The molecular formula is C62H92N5O9P. The highest BCUT2D eigenvalue weighted by molar-refractivity contribution is 7.44. The van der Waals surface area contributed by atoms with E-state index in [0.717, 1.165) is 61.6 Å². The number of benzene rings is 3. The molecule has 1 aliphatic rings. The second-order valence-corrected chi connectivity index (χ2v) is 22.5. The molecule has 15 heteroatoms. The second kappa shape index (κ2) is 34.9. The average Bonchev–Trinajstić information content (AvgIpc) is 3.79. The predicted molar refractivity (Wildman–Crippen MR) is 308 cm³/mol. The second-order valence-electron chi connectivity index (χ2n) is 21.1. The van der Waals surface area contributed by atoms with Crippen LogP contribution in [0.4, 0.5) is 0 Å². The van der Waals surface area contributed by atoms with Crippen molar-refractivity contribution in [3.63, 3.8) is 0 Å². The first kappa shape index (κ1) is 63.0. The number of nitrogens with zero attached hydrogens (tertiary/aromatic N) is 3. The molecule has 2 heterocycles. The summed E-state index contributed by atoms with van der Waals surface area (Å²) in [5.74, 6) is 1.14. The Hall–Kier alpha value is -4.87. The molecule has 77 heavy (non-hydrogen) atoms. The van der Waals surface area contributed by atoms with E-state index in [9.17, 15) is 19.6 Å². The van der Waals surface area contributed by atoms with Crippen LogP contribution >= 0.6 is 8.53 Å². The summed E-state index contributed by atoms with van der Waals surface area (Å²) in [6, 6.07) is 29.3. The summed E-state index contributed by atoms with van der Waals surface area (Å²) < 4.78 is 43.3. The minimum Gasteiger partial charge on any atom is -0.497 e. The van der Waals surface area contributed by atoms with Gasteiger partial charge in [0, 0.05) is 43.2 Å². The minimum absolute atomic E-state index is 0.0124. The molecule has 0 bridgehead atoms. The number of aromatic amines is 1. The van der Waals surface area contributed by atoms with Crippen molar-refractivity contribution in [1.82, 2.24) is 19.5 Å². The molecule has 1 saturated heterocycles. The maximum atomic E-state index is 13.8. The maximum Gasteiger partial charge on any atom is 0.330 e. The van der Waals surface area contributed by atoms with Crippen molar-refractivity contribution in [2.24, 2.45) is 5.92 Å². The number of methoxy groups -OCH3 is 2. The van der Waals surface area contributed by atoms with Gasteiger partial charge in [-0.3, -0.25) is 19.1 Å². The third-order valence-corrected chi connectivity index (χ3v) is 16.8. The van der Waals surface area contributed by atoms with Crippen molar-refractivity contribution >= 4 is 14.4 Å². The highest BCUT2D eigenvalue weighted by atomic mass is 31.2. The zero-order valence-electron chi connectivity index (χ0n) is 47.6. The summed E-state index contributed by atoms with van der Waals surface area (Å²) in [6.07, 6.45) is 21.9. The van der Waals surface area contributed by atoms with E-state index in [0.29, 0.717) is 30.9 Å². The van der Waals surface area contributed by atoms with E-state index in [4.69, 9.17) is 28.0 Å². The molecule has 0 radical (unpaired) electrons. The fourth-order valence-corrected chi connectivity index (χ4v) is 12.4. The van der Waals surface area contributed by atoms with E-state index in [-0.39, 0.29) is 37.6 Å². The summed E-state index contributed by atoms with van der Waals surface area (Å²) in [5, 5.41) is 12.7. The molecule has 2 N–H and O–H groups in total. The van der Waals surface area contributed by atoms with E-state index in [1.54, 1.807) is 14.2 Å². The van der Waals surface area contributed by atoms with Gasteiger partial charge in [0.2, 0.25) is 5.91 Å². The Kier molecular flexibility index (Phi) is 28.5. The monoisotopic (exact) mass is 1080 g/mol. The predicted octanol–water partition coefficient (Wildman–Crippen LogP) is 13.7. The van der Waals surface area contributed by atoms with Crippen LogP contribution in [0.3, 0.4) is 0 Å². The summed E-state index contributed by atoms with van der Waals surface area (Å²) in [6.45, 7) is 11.5. The number of ether oxygens (including phenoxy) is 4. The Morgan fingerprint density at radius 1 is 0.740 bits per heavy atom. The van der Waals surface area contributed by atoms with Crippen LogP contribution in [0.15, 0.2) is 101 Å². The van der Waals surface area contributed by atoms with Gasteiger partial charge in [0.05, 0.1) is 39.9 Å². The van der Waals surface area contributed by atoms with Crippen molar-refractivity contribution in [3.05, 3.63) is 129 Å². The SMILES string of the molecule is CCCCCCCCCCCCCCCC(=O)NCCCCCCC[C@@H]1[C@H](OP(OCCC#N)N(C(C)C)C(C)C)[C@@H](COC(c2ccccc2)(c2ccc(OC)cc2)c2ccc(OC)cc2)O[C@H]1n1ccc(=O)[nH]c1=O. The minimum atomic E-state index is -1.77. The van der Waals surface area contributed by atoms with Crippen molar-refractivity contribution in [2.45, 2.75) is 206 Å². The standard InChI is InChI=1S/C62H92N5O9P/c1-8-9-10-11-12-13-14-15-16-17-18-21-27-33-57(68)64-44-28-22-19-20-26-32-55-59(76-77(74-46-29-43-63)67(48(2)3)49(4)5)56(75-60(55)66-45-42-58(69)65-61(66)70)47-73-62(50-30-24-23-25-31-50,51-34-38-53(71-6)39-35-51)52-36-40-54(72-7)41-37-52/h23-25,30-31,34-42,45,48-49,55-56,59-60H,8-22,26-29,32-33,44,46-47H2,1-7H3,(H,64,68)(H,65,69,70)/t55-,56-,59+,60-,77?/m1/s1. The van der Waals surface area contributed by atoms with Gasteiger partial charge in [-0.2, -0.15) is 5.26 Å². The molecule has 3 aromatic carbocycles. The number of aromatic nitrogens is 2. The molecule has 14 nitrogen and oxygen atoms in total. The zero-order valence-corrected chi connectivity index (χ0v) is 48.5. The molecule has 1 amide bonds. The van der Waals surface area contributed by atoms with Crippen LogP contribution in [-0.2, 0) is 28.9 Å². The molecule has 0 saturated carbocycles. The number of nitriles is 1. The molecule has 0 aliphatic carbocycles. The van der Waals surface area contributed by atoms with Crippen LogP contribution in [0, 0.1) is 17.2 Å². The van der Waals surface area contributed by atoms with Crippen LogP contribution < -0.4 is 26.0 Å². The lowest BCUT2D eigenvalue weighted by molar-refractivity contribution is -0.121. The molecule has 1 aliphatic heterocycles. The quantitative estimate of drug-likeness (QED) is 0.0248. The number of nitrogens with one attached hydrogen (secondary N) is 2. The normalized spacial score (nSPS) is 17.0. The first-order valence-corrected chi connectivity index (χ1v) is 30.1. The smallest absolute Gasteiger partial charge is 0.330 e. The number of hydrogen-bond acceptors (Lipinski definition) is 11. The van der Waals surface area contributed by atoms with E-state index in [1.165, 1.54) is 87.5 Å².